The molecule has 0 radical (unpaired) electrons. The van der Waals surface area contributed by atoms with Gasteiger partial charge in [-0.3, -0.25) is 4.79 Å². The van der Waals surface area contributed by atoms with Gasteiger partial charge in [0.25, 0.3) is 0 Å². The molecule has 1 aromatic rings. The zero-order valence-corrected chi connectivity index (χ0v) is 34.9. The predicted molar refractivity (Wildman–Crippen MR) is 222 cm³/mol. The number of urea groups is 1. The molecule has 1 aromatic carbocycles. The summed E-state index contributed by atoms with van der Waals surface area (Å²) in [6.45, 7) is 18.9. The quantitative estimate of drug-likeness (QED) is 0.0641. The molecule has 0 aromatic heterocycles. The van der Waals surface area contributed by atoms with Gasteiger partial charge in [0.2, 0.25) is 11.7 Å². The summed E-state index contributed by atoms with van der Waals surface area (Å²) in [6, 6.07) is 5.11. The van der Waals surface area contributed by atoms with Crippen LogP contribution in [0, 0.1) is 17.8 Å². The van der Waals surface area contributed by atoms with Crippen LogP contribution in [0.1, 0.15) is 110 Å². The number of carbonyl (C=O) groups excluding carboxylic acids is 2. The van der Waals surface area contributed by atoms with E-state index in [0.29, 0.717) is 76.3 Å². The summed E-state index contributed by atoms with van der Waals surface area (Å²) in [5, 5.41) is 27.8. The number of rotatable bonds is 22. The molecule has 6 unspecified atom stereocenters. The van der Waals surface area contributed by atoms with Gasteiger partial charge in [-0.1, -0.05) is 49.7 Å². The molecule has 2 heterocycles. The molecule has 4 aliphatic rings. The van der Waals surface area contributed by atoms with E-state index in [0.717, 1.165) is 55.5 Å². The molecule has 57 heavy (non-hydrogen) atoms. The molecule has 3 N–H and O–H groups in total. The third-order valence-electron chi connectivity index (χ3n) is 11.6. The maximum atomic E-state index is 14.5. The highest BCUT2D eigenvalue weighted by molar-refractivity contribution is 6.03. The molecule has 2 aliphatic carbocycles. The summed E-state index contributed by atoms with van der Waals surface area (Å²) in [4.78, 5) is 36.8. The number of nitrogens with zero attached hydrogens (tertiary/aromatic N) is 3. The molecular weight excluding hydrogens is 725 g/mol. The van der Waals surface area contributed by atoms with Crippen LogP contribution in [0.4, 0.5) is 4.79 Å². The van der Waals surface area contributed by atoms with Gasteiger partial charge in [-0.15, -0.1) is 6.58 Å². The molecule has 316 valence electrons. The highest BCUT2D eigenvalue weighted by Gasteiger charge is 2.65. The van der Waals surface area contributed by atoms with Gasteiger partial charge in [0.15, 0.2) is 0 Å². The number of allylic oxidation sites excluding steroid dienone is 1. The highest BCUT2D eigenvalue weighted by Crippen LogP contribution is 2.62. The van der Waals surface area contributed by atoms with E-state index in [-0.39, 0.29) is 49.5 Å². The average molecular weight is 793 g/mol. The third-order valence-corrected chi connectivity index (χ3v) is 11.6. The fourth-order valence-corrected chi connectivity index (χ4v) is 9.23. The topological polar surface area (TPSA) is 142 Å². The Balaban J connectivity index is 1.68. The minimum atomic E-state index is -1.33. The number of carbonyl (C=O) groups is 2. The van der Waals surface area contributed by atoms with Gasteiger partial charge in [0.05, 0.1) is 18.2 Å². The summed E-state index contributed by atoms with van der Waals surface area (Å²) in [5.74, 6) is -0.0811. The molecule has 1 saturated heterocycles. The van der Waals surface area contributed by atoms with Crippen LogP contribution in [-0.4, -0.2) is 108 Å². The van der Waals surface area contributed by atoms with Crippen molar-refractivity contribution >= 4 is 17.6 Å². The number of hydrogen-bond acceptors (Lipinski definition) is 9. The van der Waals surface area contributed by atoms with E-state index in [4.69, 9.17) is 24.2 Å². The minimum Gasteiger partial charge on any atom is -0.490 e. The predicted octanol–water partition coefficient (Wildman–Crippen LogP) is 7.12. The third kappa shape index (κ3) is 10.6. The van der Waals surface area contributed by atoms with Crippen LogP contribution in [0.5, 0.6) is 11.5 Å². The summed E-state index contributed by atoms with van der Waals surface area (Å²) in [5.41, 5.74) is 2.19. The van der Waals surface area contributed by atoms with Crippen LogP contribution in [0.2, 0.25) is 0 Å². The number of ether oxygens (including phenoxy) is 3. The number of likely N-dealkylation sites (tertiary alicyclic amines) is 1. The Bertz CT molecular complexity index is 1590. The van der Waals surface area contributed by atoms with Gasteiger partial charge in [0, 0.05) is 63.7 Å². The Labute approximate surface area is 340 Å². The maximum absolute atomic E-state index is 14.5. The number of unbranched alkanes of at least 4 members (excludes halogenated alkanes) is 2. The maximum Gasteiger partial charge on any atom is 0.317 e. The number of hydrogen-bond donors (Lipinski definition) is 3. The van der Waals surface area contributed by atoms with Gasteiger partial charge < -0.3 is 44.4 Å². The summed E-state index contributed by atoms with van der Waals surface area (Å²) >= 11 is 0. The van der Waals surface area contributed by atoms with Crippen LogP contribution in [-0.2, 0) is 14.4 Å². The van der Waals surface area contributed by atoms with E-state index >= 15 is 0 Å². The van der Waals surface area contributed by atoms with E-state index < -0.39 is 23.3 Å². The van der Waals surface area contributed by atoms with Gasteiger partial charge in [-0.2, -0.15) is 0 Å². The van der Waals surface area contributed by atoms with Crippen molar-refractivity contribution in [1.29, 1.82) is 0 Å². The zero-order chi connectivity index (χ0) is 41.0. The molecular formula is C45H68N4O8. The number of aliphatic hydroxyl groups is 2. The van der Waals surface area contributed by atoms with Crippen LogP contribution >= 0.6 is 0 Å². The monoisotopic (exact) mass is 793 g/mol. The van der Waals surface area contributed by atoms with Crippen molar-refractivity contribution in [3.63, 3.8) is 0 Å². The lowest BCUT2D eigenvalue weighted by atomic mass is 9.55. The lowest BCUT2D eigenvalue weighted by Gasteiger charge is -2.60. The number of fused-ring (bicyclic) bond motifs is 2. The van der Waals surface area contributed by atoms with E-state index in [1.807, 2.05) is 42.7 Å². The number of aliphatic hydroxyl groups excluding tert-OH is 2. The molecule has 2 aliphatic heterocycles. The standard InChI is InChI=1S/C45H68N4O8/c1-7-22-49(43(53)46-21-15-24-48-23-14-18-40(48)52)39-31-37(47-57-44(4,5)6)35-29-32(16-10-12-25-50)34(17-11-13-26-51)41-36-30-33(54-27-8-2)19-20-38(36)56-45(39,42(35)41)55-28-9-3/h8-9,19-20,29-30,32,34,39,41-42,50-51H,2-3,7,10-18,21-28,31H2,1,4-6H3,(H,46,53). The summed E-state index contributed by atoms with van der Waals surface area (Å²) in [7, 11) is 0. The Morgan fingerprint density at radius 2 is 1.86 bits per heavy atom. The van der Waals surface area contributed by atoms with Gasteiger partial charge in [-0.25, -0.2) is 4.79 Å². The van der Waals surface area contributed by atoms with Crippen LogP contribution in [0.15, 0.2) is 60.3 Å². The fourth-order valence-electron chi connectivity index (χ4n) is 9.23. The van der Waals surface area contributed by atoms with Gasteiger partial charge in [-0.05, 0) is 101 Å². The lowest BCUT2D eigenvalue weighted by Crippen LogP contribution is -2.70. The van der Waals surface area contributed by atoms with E-state index in [9.17, 15) is 19.8 Å². The van der Waals surface area contributed by atoms with E-state index in [1.54, 1.807) is 12.2 Å². The first-order valence-corrected chi connectivity index (χ1v) is 21.3. The van der Waals surface area contributed by atoms with Crippen molar-refractivity contribution in [3.8, 4) is 11.5 Å². The first-order chi connectivity index (χ1) is 27.5. The fraction of sp³-hybridized carbons (Fsp3) is 0.667. The molecule has 0 bridgehead atoms. The number of amides is 3. The van der Waals surface area contributed by atoms with Crippen molar-refractivity contribution in [2.45, 2.75) is 122 Å². The summed E-state index contributed by atoms with van der Waals surface area (Å²) in [6.07, 6.45) is 13.7. The van der Waals surface area contributed by atoms with Crippen LogP contribution in [0.3, 0.4) is 0 Å². The lowest BCUT2D eigenvalue weighted by molar-refractivity contribution is -0.254. The molecule has 3 amide bonds. The smallest absolute Gasteiger partial charge is 0.317 e. The van der Waals surface area contributed by atoms with Crippen LogP contribution < -0.4 is 14.8 Å². The van der Waals surface area contributed by atoms with Crippen molar-refractivity contribution < 1.29 is 38.9 Å². The second-order valence-electron chi connectivity index (χ2n) is 16.8. The molecule has 0 spiro atoms. The minimum absolute atomic E-state index is 0.110. The number of nitrogens with one attached hydrogen (secondary N) is 1. The Kier molecular flexibility index (Phi) is 16.1. The van der Waals surface area contributed by atoms with Crippen molar-refractivity contribution in [3.05, 3.63) is 60.7 Å². The second-order valence-corrected chi connectivity index (χ2v) is 16.8. The molecule has 5 rings (SSSR count). The van der Waals surface area contributed by atoms with Crippen LogP contribution in [0.25, 0.3) is 0 Å². The Hall–Kier alpha value is -3.87. The molecule has 1 saturated carbocycles. The molecule has 2 fully saturated rings. The van der Waals surface area contributed by atoms with Crippen molar-refractivity contribution in [1.82, 2.24) is 15.1 Å². The second kappa shape index (κ2) is 20.7. The Morgan fingerprint density at radius 3 is 2.53 bits per heavy atom. The van der Waals surface area contributed by atoms with Crippen molar-refractivity contribution in [2.75, 3.05) is 52.6 Å². The van der Waals surface area contributed by atoms with Crippen molar-refractivity contribution in [2.24, 2.45) is 22.9 Å². The SMILES string of the molecule is C=CCOc1ccc2c(c1)C1C(CCCCO)C(CCCCO)C=C3C(=NOC(C)(C)C)CC(N(CCC)C(=O)NCCCN4CCCC4=O)C(OCC=C)(O2)C31. The zero-order valence-electron chi connectivity index (χ0n) is 34.9. The highest BCUT2D eigenvalue weighted by atomic mass is 16.7. The molecule has 12 nitrogen and oxygen atoms in total. The van der Waals surface area contributed by atoms with E-state index in [2.05, 4.69) is 37.5 Å². The molecule has 12 heteroatoms. The normalized spacial score (nSPS) is 25.9. The largest absolute Gasteiger partial charge is 0.490 e. The number of benzene rings is 1. The Morgan fingerprint density at radius 1 is 1.11 bits per heavy atom. The van der Waals surface area contributed by atoms with Gasteiger partial charge in [0.1, 0.15) is 29.7 Å². The average Bonchev–Trinajstić information content (AvgIpc) is 3.61. The van der Waals surface area contributed by atoms with Gasteiger partial charge >= 0.3 is 6.03 Å². The molecule has 6 atom stereocenters. The first kappa shape index (κ1) is 44.2. The van der Waals surface area contributed by atoms with E-state index in [1.165, 1.54) is 0 Å². The summed E-state index contributed by atoms with van der Waals surface area (Å²) < 4.78 is 20.5. The first-order valence-electron chi connectivity index (χ1n) is 21.3. The number of oxime groups is 1.